The van der Waals surface area contributed by atoms with Gasteiger partial charge in [-0.3, -0.25) is 4.98 Å². The monoisotopic (exact) mass is 237 g/mol. The normalized spacial score (nSPS) is 9.88. The Kier molecular flexibility index (Phi) is 5.78. The van der Waals surface area contributed by atoms with Crippen LogP contribution in [0.4, 0.5) is 0 Å². The Bertz CT molecular complexity index is 339. The first kappa shape index (κ1) is 12.9. The highest BCUT2D eigenvalue weighted by molar-refractivity contribution is 7.80. The first-order valence-corrected chi connectivity index (χ1v) is 6.07. The van der Waals surface area contributed by atoms with Gasteiger partial charge in [-0.05, 0) is 37.7 Å². The van der Waals surface area contributed by atoms with Gasteiger partial charge in [-0.25, -0.2) is 0 Å². The van der Waals surface area contributed by atoms with E-state index in [2.05, 4.69) is 22.5 Å². The van der Waals surface area contributed by atoms with Crippen molar-refractivity contribution in [3.05, 3.63) is 29.6 Å². The molecule has 0 aliphatic rings. The van der Waals surface area contributed by atoms with Gasteiger partial charge >= 0.3 is 0 Å². The van der Waals surface area contributed by atoms with Crippen LogP contribution in [-0.2, 0) is 6.54 Å². The van der Waals surface area contributed by atoms with Gasteiger partial charge in [0.1, 0.15) is 0 Å². The fraction of sp³-hybridized carbons (Fsp3) is 0.500. The highest BCUT2D eigenvalue weighted by Crippen LogP contribution is 1.97. The van der Waals surface area contributed by atoms with Crippen molar-refractivity contribution >= 4 is 17.3 Å². The summed E-state index contributed by atoms with van der Waals surface area (Å²) in [5, 5.41) is 7.01. The van der Waals surface area contributed by atoms with E-state index in [4.69, 9.17) is 12.2 Å². The Labute approximate surface area is 103 Å². The summed E-state index contributed by atoms with van der Waals surface area (Å²) in [6, 6.07) is 5.99. The Hall–Kier alpha value is -1.16. The number of unbranched alkanes of at least 4 members (excludes halogenated alkanes) is 1. The molecule has 0 spiro atoms. The molecule has 0 unspecified atom stereocenters. The van der Waals surface area contributed by atoms with Gasteiger partial charge in [0.05, 0.1) is 12.2 Å². The molecule has 88 valence electrons. The smallest absolute Gasteiger partial charge is 0.166 e. The van der Waals surface area contributed by atoms with Crippen molar-refractivity contribution in [2.45, 2.75) is 33.2 Å². The summed E-state index contributed by atoms with van der Waals surface area (Å²) < 4.78 is 0. The largest absolute Gasteiger partial charge is 0.363 e. The maximum absolute atomic E-state index is 5.15. The second-order valence-corrected chi connectivity index (χ2v) is 4.14. The highest BCUT2D eigenvalue weighted by atomic mass is 32.1. The van der Waals surface area contributed by atoms with Crippen LogP contribution in [0, 0.1) is 6.92 Å². The molecule has 0 saturated carbocycles. The molecule has 0 aliphatic heterocycles. The molecule has 4 heteroatoms. The molecule has 0 aromatic carbocycles. The van der Waals surface area contributed by atoms with E-state index in [0.717, 1.165) is 24.4 Å². The van der Waals surface area contributed by atoms with E-state index in [9.17, 15) is 0 Å². The van der Waals surface area contributed by atoms with Crippen LogP contribution < -0.4 is 10.6 Å². The van der Waals surface area contributed by atoms with Crippen molar-refractivity contribution in [2.75, 3.05) is 6.54 Å². The van der Waals surface area contributed by atoms with E-state index >= 15 is 0 Å². The standard InChI is InChI=1S/C12H19N3S/c1-3-4-8-13-12(16)14-9-11-7-5-6-10(2)15-11/h5-7H,3-4,8-9H2,1-2H3,(H2,13,14,16). The Morgan fingerprint density at radius 2 is 2.19 bits per heavy atom. The number of aryl methyl sites for hydroxylation is 1. The van der Waals surface area contributed by atoms with Crippen LogP contribution in [0.5, 0.6) is 0 Å². The van der Waals surface area contributed by atoms with Gasteiger partial charge in [0.2, 0.25) is 0 Å². The van der Waals surface area contributed by atoms with Crippen LogP contribution in [0.15, 0.2) is 18.2 Å². The summed E-state index contributed by atoms with van der Waals surface area (Å²) in [6.45, 7) is 5.76. The maximum atomic E-state index is 5.15. The summed E-state index contributed by atoms with van der Waals surface area (Å²) in [5.74, 6) is 0. The van der Waals surface area contributed by atoms with Crippen molar-refractivity contribution in [3.63, 3.8) is 0 Å². The quantitative estimate of drug-likeness (QED) is 0.608. The van der Waals surface area contributed by atoms with Crippen molar-refractivity contribution in [3.8, 4) is 0 Å². The summed E-state index contributed by atoms with van der Waals surface area (Å²) in [5.41, 5.74) is 2.05. The van der Waals surface area contributed by atoms with E-state index < -0.39 is 0 Å². The maximum Gasteiger partial charge on any atom is 0.166 e. The average molecular weight is 237 g/mol. The number of hydrogen-bond acceptors (Lipinski definition) is 2. The predicted molar refractivity (Wildman–Crippen MR) is 71.3 cm³/mol. The fourth-order valence-electron chi connectivity index (χ4n) is 1.31. The van der Waals surface area contributed by atoms with E-state index in [1.807, 2.05) is 25.1 Å². The molecule has 3 nitrogen and oxygen atoms in total. The van der Waals surface area contributed by atoms with Crippen LogP contribution in [0.25, 0.3) is 0 Å². The highest BCUT2D eigenvalue weighted by Gasteiger charge is 1.97. The first-order chi connectivity index (χ1) is 7.72. The molecule has 1 aromatic rings. The second kappa shape index (κ2) is 7.17. The molecule has 2 N–H and O–H groups in total. The molecule has 0 bridgehead atoms. The lowest BCUT2D eigenvalue weighted by Crippen LogP contribution is -2.35. The van der Waals surface area contributed by atoms with Gasteiger partial charge in [0.15, 0.2) is 5.11 Å². The minimum atomic E-state index is 0.680. The van der Waals surface area contributed by atoms with E-state index in [1.165, 1.54) is 6.42 Å². The zero-order chi connectivity index (χ0) is 11.8. The summed E-state index contributed by atoms with van der Waals surface area (Å²) in [7, 11) is 0. The number of rotatable bonds is 5. The Morgan fingerprint density at radius 3 is 2.88 bits per heavy atom. The van der Waals surface area contributed by atoms with E-state index in [1.54, 1.807) is 0 Å². The number of thiocarbonyl (C=S) groups is 1. The van der Waals surface area contributed by atoms with Gasteiger partial charge in [-0.2, -0.15) is 0 Å². The van der Waals surface area contributed by atoms with Gasteiger partial charge in [-0.15, -0.1) is 0 Å². The molecule has 1 aromatic heterocycles. The predicted octanol–water partition coefficient (Wildman–Crippen LogP) is 2.15. The first-order valence-electron chi connectivity index (χ1n) is 5.66. The zero-order valence-electron chi connectivity index (χ0n) is 9.92. The Balaban J connectivity index is 2.26. The number of aromatic nitrogens is 1. The van der Waals surface area contributed by atoms with E-state index in [-0.39, 0.29) is 0 Å². The third-order valence-corrected chi connectivity index (χ3v) is 2.48. The Morgan fingerprint density at radius 1 is 1.38 bits per heavy atom. The van der Waals surface area contributed by atoms with Gasteiger partial charge in [0, 0.05) is 12.2 Å². The minimum Gasteiger partial charge on any atom is -0.363 e. The number of nitrogens with one attached hydrogen (secondary N) is 2. The number of hydrogen-bond donors (Lipinski definition) is 2. The van der Waals surface area contributed by atoms with Crippen LogP contribution >= 0.6 is 12.2 Å². The molecular formula is C12H19N3S. The second-order valence-electron chi connectivity index (χ2n) is 3.73. The lowest BCUT2D eigenvalue weighted by molar-refractivity contribution is 0.735. The lowest BCUT2D eigenvalue weighted by Gasteiger charge is -2.09. The fourth-order valence-corrected chi connectivity index (χ4v) is 1.48. The van der Waals surface area contributed by atoms with E-state index in [0.29, 0.717) is 11.7 Å². The summed E-state index contributed by atoms with van der Waals surface area (Å²) in [4.78, 5) is 4.39. The molecule has 0 aliphatic carbocycles. The molecule has 1 heterocycles. The van der Waals surface area contributed by atoms with Crippen LogP contribution in [0.2, 0.25) is 0 Å². The topological polar surface area (TPSA) is 37.0 Å². The summed E-state index contributed by atoms with van der Waals surface area (Å²) >= 11 is 5.15. The van der Waals surface area contributed by atoms with Gasteiger partial charge < -0.3 is 10.6 Å². The molecule has 0 amide bonds. The molecule has 0 radical (unpaired) electrons. The van der Waals surface area contributed by atoms with Crippen molar-refractivity contribution in [2.24, 2.45) is 0 Å². The van der Waals surface area contributed by atoms with Crippen LogP contribution in [0.3, 0.4) is 0 Å². The molecule has 0 atom stereocenters. The van der Waals surface area contributed by atoms with Crippen molar-refractivity contribution in [1.82, 2.24) is 15.6 Å². The lowest BCUT2D eigenvalue weighted by atomic mass is 10.3. The minimum absolute atomic E-state index is 0.680. The van der Waals surface area contributed by atoms with Crippen molar-refractivity contribution in [1.29, 1.82) is 0 Å². The zero-order valence-corrected chi connectivity index (χ0v) is 10.7. The molecular weight excluding hydrogens is 218 g/mol. The average Bonchev–Trinajstić information content (AvgIpc) is 2.27. The molecule has 0 fully saturated rings. The van der Waals surface area contributed by atoms with Gasteiger partial charge in [0.25, 0.3) is 0 Å². The molecule has 1 rings (SSSR count). The van der Waals surface area contributed by atoms with Crippen LogP contribution in [-0.4, -0.2) is 16.6 Å². The SMILES string of the molecule is CCCCNC(=S)NCc1cccc(C)n1. The van der Waals surface area contributed by atoms with Crippen molar-refractivity contribution < 1.29 is 0 Å². The number of pyridine rings is 1. The molecule has 0 saturated heterocycles. The number of nitrogens with zero attached hydrogens (tertiary/aromatic N) is 1. The van der Waals surface area contributed by atoms with Gasteiger partial charge in [-0.1, -0.05) is 19.4 Å². The molecule has 16 heavy (non-hydrogen) atoms. The van der Waals surface area contributed by atoms with Crippen LogP contribution in [0.1, 0.15) is 31.2 Å². The summed E-state index contributed by atoms with van der Waals surface area (Å²) in [6.07, 6.45) is 2.32. The third-order valence-electron chi connectivity index (χ3n) is 2.19. The third kappa shape index (κ3) is 5.07.